The lowest BCUT2D eigenvalue weighted by atomic mass is 9.92. The van der Waals surface area contributed by atoms with E-state index in [9.17, 15) is 4.79 Å². The third-order valence-electron chi connectivity index (χ3n) is 7.15. The minimum absolute atomic E-state index is 0.0974. The van der Waals surface area contributed by atoms with Gasteiger partial charge in [0.15, 0.2) is 16.7 Å². The number of hydrogen-bond donors (Lipinski definition) is 1. The van der Waals surface area contributed by atoms with Crippen LogP contribution >= 0.6 is 11.8 Å². The zero-order valence-corrected chi connectivity index (χ0v) is 25.1. The molecule has 2 aromatic carbocycles. The van der Waals surface area contributed by atoms with Crippen molar-refractivity contribution >= 4 is 23.5 Å². The number of fused-ring (bicyclic) bond motifs is 1. The van der Waals surface area contributed by atoms with E-state index in [1.54, 1.807) is 18.9 Å². The van der Waals surface area contributed by atoms with Crippen molar-refractivity contribution in [3.05, 3.63) is 70.9 Å². The van der Waals surface area contributed by atoms with Gasteiger partial charge in [0.25, 0.3) is 5.91 Å². The zero-order chi connectivity index (χ0) is 28.8. The molecule has 218 valence electrons. The molecule has 9 nitrogen and oxygen atoms in total. The topological polar surface area (TPSA) is 89.1 Å². The molecule has 1 aromatic heterocycles. The minimum Gasteiger partial charge on any atom is -0.454 e. The molecule has 1 N–H and O–H groups in total. The molecule has 0 spiro atoms. The predicted molar refractivity (Wildman–Crippen MR) is 161 cm³/mol. The normalized spacial score (nSPS) is 15.3. The number of nitrogens with zero attached hydrogens (tertiary/aromatic N) is 4. The van der Waals surface area contributed by atoms with Crippen molar-refractivity contribution in [1.29, 1.82) is 0 Å². The molecule has 0 unspecified atom stereocenters. The third-order valence-corrected chi connectivity index (χ3v) is 8.07. The fourth-order valence-electron chi connectivity index (χ4n) is 4.78. The molecule has 2 aliphatic rings. The van der Waals surface area contributed by atoms with Gasteiger partial charge in [-0.05, 0) is 35.4 Å². The Morgan fingerprint density at radius 1 is 1.00 bits per heavy atom. The lowest BCUT2D eigenvalue weighted by molar-refractivity contribution is 0.0937. The second-order valence-electron chi connectivity index (χ2n) is 11.3. The average Bonchev–Trinajstić information content (AvgIpc) is 3.44. The lowest BCUT2D eigenvalue weighted by Gasteiger charge is -2.36. The number of aromatic nitrogens is 2. The van der Waals surface area contributed by atoms with E-state index in [0.29, 0.717) is 31.3 Å². The predicted octanol–water partition coefficient (Wildman–Crippen LogP) is 4.49. The van der Waals surface area contributed by atoms with Gasteiger partial charge < -0.3 is 24.4 Å². The Balaban J connectivity index is 1.23. The molecule has 41 heavy (non-hydrogen) atoms. The summed E-state index contributed by atoms with van der Waals surface area (Å²) in [5, 5.41) is 3.63. The van der Waals surface area contributed by atoms with Gasteiger partial charge in [0.1, 0.15) is 5.82 Å². The van der Waals surface area contributed by atoms with Crippen LogP contribution in [0.2, 0.25) is 0 Å². The van der Waals surface area contributed by atoms with Crippen LogP contribution in [0.1, 0.15) is 48.0 Å². The van der Waals surface area contributed by atoms with Crippen molar-refractivity contribution < 1.29 is 19.0 Å². The van der Waals surface area contributed by atoms with Gasteiger partial charge in [-0.15, -0.1) is 0 Å². The number of rotatable bonds is 10. The number of carbonyl (C=O) groups is 1. The molecule has 0 radical (unpaired) electrons. The highest BCUT2D eigenvalue weighted by atomic mass is 32.2. The van der Waals surface area contributed by atoms with E-state index < -0.39 is 0 Å². The highest BCUT2D eigenvalue weighted by Crippen LogP contribution is 2.33. The summed E-state index contributed by atoms with van der Waals surface area (Å²) in [6, 6.07) is 16.1. The summed E-state index contributed by atoms with van der Waals surface area (Å²) in [6.45, 7) is 12.4. The van der Waals surface area contributed by atoms with Crippen LogP contribution < -0.4 is 19.7 Å². The summed E-state index contributed by atoms with van der Waals surface area (Å²) in [5.74, 6) is 3.21. The van der Waals surface area contributed by atoms with Gasteiger partial charge in [-0.25, -0.2) is 9.97 Å². The van der Waals surface area contributed by atoms with Gasteiger partial charge in [-0.2, -0.15) is 0 Å². The maximum Gasteiger partial charge on any atom is 0.251 e. The highest BCUT2D eigenvalue weighted by Gasteiger charge is 2.24. The third kappa shape index (κ3) is 7.69. The van der Waals surface area contributed by atoms with Crippen LogP contribution in [-0.4, -0.2) is 74.0 Å². The van der Waals surface area contributed by atoms with Crippen LogP contribution in [0.5, 0.6) is 11.5 Å². The van der Waals surface area contributed by atoms with E-state index in [0.717, 1.165) is 66.5 Å². The van der Waals surface area contributed by atoms with E-state index in [-0.39, 0.29) is 11.3 Å². The number of carbonyl (C=O) groups excluding carboxylic acids is 1. The van der Waals surface area contributed by atoms with Gasteiger partial charge in [0.2, 0.25) is 6.79 Å². The first kappa shape index (κ1) is 29.2. The Hall–Kier alpha value is -3.34. The number of ether oxygens (including phenoxy) is 3. The van der Waals surface area contributed by atoms with E-state index in [2.05, 4.69) is 54.1 Å². The first-order valence-corrected chi connectivity index (χ1v) is 15.0. The van der Waals surface area contributed by atoms with Gasteiger partial charge in [0, 0.05) is 69.2 Å². The molecule has 0 bridgehead atoms. The van der Waals surface area contributed by atoms with Gasteiger partial charge in [-0.1, -0.05) is 50.7 Å². The number of anilines is 1. The molecule has 10 heteroatoms. The van der Waals surface area contributed by atoms with Gasteiger partial charge in [0.05, 0.1) is 12.3 Å². The number of thioether (sulfide) groups is 1. The summed E-state index contributed by atoms with van der Waals surface area (Å²) < 4.78 is 16.0. The summed E-state index contributed by atoms with van der Waals surface area (Å²) in [5.41, 5.74) is 3.85. The fourth-order valence-corrected chi connectivity index (χ4v) is 5.57. The van der Waals surface area contributed by atoms with Crippen LogP contribution in [0.15, 0.2) is 53.7 Å². The largest absolute Gasteiger partial charge is 0.454 e. The molecule has 0 atom stereocenters. The summed E-state index contributed by atoms with van der Waals surface area (Å²) in [6.07, 6.45) is 0. The summed E-state index contributed by atoms with van der Waals surface area (Å²) >= 11 is 1.60. The molecule has 3 aromatic rings. The van der Waals surface area contributed by atoms with Crippen molar-refractivity contribution in [2.45, 2.75) is 43.6 Å². The number of piperazine rings is 1. The smallest absolute Gasteiger partial charge is 0.251 e. The summed E-state index contributed by atoms with van der Waals surface area (Å²) in [7, 11) is 1.62. The number of nitrogens with one attached hydrogen (secondary N) is 1. The Kier molecular flexibility index (Phi) is 9.32. The zero-order valence-electron chi connectivity index (χ0n) is 24.3. The Morgan fingerprint density at radius 2 is 1.80 bits per heavy atom. The minimum atomic E-state index is -0.103. The van der Waals surface area contributed by atoms with Crippen LogP contribution in [-0.2, 0) is 22.4 Å². The Morgan fingerprint density at radius 3 is 2.59 bits per heavy atom. The molecule has 0 saturated carbocycles. The van der Waals surface area contributed by atoms with E-state index >= 15 is 0 Å². The van der Waals surface area contributed by atoms with Crippen molar-refractivity contribution in [1.82, 2.24) is 20.2 Å². The second-order valence-corrected chi connectivity index (χ2v) is 12.3. The average molecular weight is 578 g/mol. The highest BCUT2D eigenvalue weighted by molar-refractivity contribution is 7.98. The molecular formula is C31H39N5O4S. The van der Waals surface area contributed by atoms with E-state index in [1.807, 2.05) is 30.3 Å². The Labute approximate surface area is 246 Å². The molecule has 0 aliphatic carbocycles. The van der Waals surface area contributed by atoms with Crippen molar-refractivity contribution in [3.63, 3.8) is 0 Å². The SMILES string of the molecule is COCCNC(=O)c1cccc(CSc2nc(N3CCN(Cc4ccc5c(c4)OCO5)CC3)cc(C(C)(C)C)n2)c1. The number of hydrogen-bond acceptors (Lipinski definition) is 9. The van der Waals surface area contributed by atoms with Crippen molar-refractivity contribution in [2.75, 3.05) is 58.1 Å². The molecule has 1 fully saturated rings. The molecule has 3 heterocycles. The van der Waals surface area contributed by atoms with Crippen molar-refractivity contribution in [3.8, 4) is 11.5 Å². The Bertz CT molecular complexity index is 1350. The van der Waals surface area contributed by atoms with E-state index in [1.165, 1.54) is 5.56 Å². The maximum absolute atomic E-state index is 12.5. The van der Waals surface area contributed by atoms with E-state index in [4.69, 9.17) is 24.2 Å². The van der Waals surface area contributed by atoms with Crippen LogP contribution in [0.4, 0.5) is 5.82 Å². The number of amides is 1. The number of benzene rings is 2. The van der Waals surface area contributed by atoms with Crippen LogP contribution in [0.25, 0.3) is 0 Å². The molecular weight excluding hydrogens is 538 g/mol. The van der Waals surface area contributed by atoms with Crippen molar-refractivity contribution in [2.24, 2.45) is 0 Å². The molecule has 5 rings (SSSR count). The molecule has 2 aliphatic heterocycles. The standard InChI is InChI=1S/C31H39N5O4S/c1-31(2,3)27-18-28(36-13-11-35(12-14-36)19-22-8-9-25-26(17-22)40-21-39-25)34-30(33-27)41-20-23-6-5-7-24(16-23)29(37)32-10-15-38-4/h5-9,16-18H,10-15,19-21H2,1-4H3,(H,32,37). The monoisotopic (exact) mass is 577 g/mol. The maximum atomic E-state index is 12.5. The fraction of sp³-hybridized carbons (Fsp3) is 0.452. The first-order valence-electron chi connectivity index (χ1n) is 14.0. The molecule has 1 saturated heterocycles. The van der Waals surface area contributed by atoms with Crippen LogP contribution in [0.3, 0.4) is 0 Å². The quantitative estimate of drug-likeness (QED) is 0.213. The first-order chi connectivity index (χ1) is 19.8. The second kappa shape index (κ2) is 13.1. The van der Waals surface area contributed by atoms with Crippen LogP contribution in [0, 0.1) is 0 Å². The number of methoxy groups -OCH3 is 1. The molecule has 1 amide bonds. The lowest BCUT2D eigenvalue weighted by Crippen LogP contribution is -2.46. The van der Waals surface area contributed by atoms with Gasteiger partial charge in [-0.3, -0.25) is 9.69 Å². The summed E-state index contributed by atoms with van der Waals surface area (Å²) in [4.78, 5) is 27.2. The van der Waals surface area contributed by atoms with Gasteiger partial charge >= 0.3 is 0 Å².